The molecular weight excluding hydrogens is 168 g/mol. The first-order chi connectivity index (χ1) is 6.22. The summed E-state index contributed by atoms with van der Waals surface area (Å²) >= 11 is 0. The number of carbonyl (C=O) groups excluding carboxylic acids is 1. The van der Waals surface area contributed by atoms with Crippen LogP contribution in [0.5, 0.6) is 0 Å². The van der Waals surface area contributed by atoms with Gasteiger partial charge in [0.05, 0.1) is 19.2 Å². The maximum Gasteiger partial charge on any atom is 0.309 e. The Morgan fingerprint density at radius 3 is 3.08 bits per heavy atom. The van der Waals surface area contributed by atoms with Crippen molar-refractivity contribution in [1.29, 1.82) is 0 Å². The van der Waals surface area contributed by atoms with Gasteiger partial charge >= 0.3 is 5.97 Å². The second-order valence-corrected chi connectivity index (χ2v) is 3.37. The molecule has 0 fully saturated rings. The first-order valence-corrected chi connectivity index (χ1v) is 4.30. The number of hydrogen-bond acceptors (Lipinski definition) is 3. The number of esters is 1. The van der Waals surface area contributed by atoms with E-state index >= 15 is 0 Å². The van der Waals surface area contributed by atoms with E-state index in [2.05, 4.69) is 5.10 Å². The Morgan fingerprint density at radius 2 is 2.46 bits per heavy atom. The summed E-state index contributed by atoms with van der Waals surface area (Å²) in [6.07, 6.45) is 3.37. The summed E-state index contributed by atoms with van der Waals surface area (Å²) in [7, 11) is 3.34. The Morgan fingerprint density at radius 1 is 1.69 bits per heavy atom. The van der Waals surface area contributed by atoms with Gasteiger partial charge in [0.1, 0.15) is 0 Å². The second-order valence-electron chi connectivity index (χ2n) is 3.37. The smallest absolute Gasteiger partial charge is 0.309 e. The van der Waals surface area contributed by atoms with E-state index in [-0.39, 0.29) is 11.9 Å². The van der Waals surface area contributed by atoms with E-state index in [0.717, 1.165) is 18.5 Å². The number of ether oxygens (including phenoxy) is 1. The Labute approximate surface area is 76.5 Å². The van der Waals surface area contributed by atoms with Crippen molar-refractivity contribution >= 4 is 5.97 Å². The zero-order valence-corrected chi connectivity index (χ0v) is 7.78. The number of aryl methyl sites for hydroxylation is 1. The van der Waals surface area contributed by atoms with Crippen LogP contribution in [-0.2, 0) is 29.4 Å². The molecule has 1 aromatic rings. The molecular formula is C9H12N2O2. The number of hydrogen-bond donors (Lipinski definition) is 0. The quantitative estimate of drug-likeness (QED) is 0.584. The van der Waals surface area contributed by atoms with E-state index in [1.54, 1.807) is 0 Å². The summed E-state index contributed by atoms with van der Waals surface area (Å²) in [4.78, 5) is 11.2. The molecule has 1 aliphatic carbocycles. The van der Waals surface area contributed by atoms with Crippen molar-refractivity contribution in [2.45, 2.75) is 12.8 Å². The van der Waals surface area contributed by atoms with Crippen LogP contribution < -0.4 is 0 Å². The molecule has 4 nitrogen and oxygen atoms in total. The Bertz CT molecular complexity index is 343. The lowest BCUT2D eigenvalue weighted by molar-refractivity contribution is -0.145. The van der Waals surface area contributed by atoms with E-state index in [0.29, 0.717) is 0 Å². The lowest BCUT2D eigenvalue weighted by Gasteiger charge is -2.05. The van der Waals surface area contributed by atoms with Crippen molar-refractivity contribution in [3.05, 3.63) is 17.5 Å². The van der Waals surface area contributed by atoms with Gasteiger partial charge in [-0.25, -0.2) is 0 Å². The summed E-state index contributed by atoms with van der Waals surface area (Å²) in [5.74, 6) is -0.111. The van der Waals surface area contributed by atoms with Gasteiger partial charge < -0.3 is 4.74 Å². The first-order valence-electron chi connectivity index (χ1n) is 4.30. The first kappa shape index (κ1) is 8.29. The third kappa shape index (κ3) is 1.22. The molecule has 0 saturated heterocycles. The fourth-order valence-electron chi connectivity index (χ4n) is 1.85. The Balaban J connectivity index is 2.18. The zero-order valence-electron chi connectivity index (χ0n) is 7.78. The predicted octanol–water partition coefficient (Wildman–Crippen LogP) is 0.308. The predicted molar refractivity (Wildman–Crippen MR) is 46.1 cm³/mol. The number of nitrogens with zero attached hydrogens (tertiary/aromatic N) is 2. The maximum absolute atomic E-state index is 11.2. The number of aromatic nitrogens is 2. The maximum atomic E-state index is 11.2. The molecule has 0 aromatic carbocycles. The molecule has 1 heterocycles. The van der Waals surface area contributed by atoms with Crippen molar-refractivity contribution < 1.29 is 9.53 Å². The highest BCUT2D eigenvalue weighted by Gasteiger charge is 2.30. The molecule has 1 atom stereocenters. The van der Waals surface area contributed by atoms with Crippen molar-refractivity contribution in [3.8, 4) is 0 Å². The van der Waals surface area contributed by atoms with Crippen molar-refractivity contribution in [2.75, 3.05) is 7.11 Å². The van der Waals surface area contributed by atoms with Gasteiger partial charge in [0.2, 0.25) is 0 Å². The molecule has 70 valence electrons. The molecule has 4 heteroatoms. The zero-order chi connectivity index (χ0) is 9.42. The summed E-state index contributed by atoms with van der Waals surface area (Å²) in [5.41, 5.74) is 2.34. The number of rotatable bonds is 1. The van der Waals surface area contributed by atoms with E-state index < -0.39 is 0 Å². The van der Waals surface area contributed by atoms with Gasteiger partial charge in [-0.2, -0.15) is 5.10 Å². The minimum atomic E-state index is -0.115. The molecule has 1 aliphatic rings. The third-order valence-corrected chi connectivity index (χ3v) is 2.59. The van der Waals surface area contributed by atoms with Gasteiger partial charge in [-0.15, -0.1) is 0 Å². The normalized spacial score (nSPS) is 20.0. The van der Waals surface area contributed by atoms with Crippen LogP contribution in [0.2, 0.25) is 0 Å². The molecule has 2 rings (SSSR count). The summed E-state index contributed by atoms with van der Waals surface area (Å²) in [5, 5.41) is 4.12. The van der Waals surface area contributed by atoms with Gasteiger partial charge in [-0.3, -0.25) is 9.48 Å². The van der Waals surface area contributed by atoms with Gasteiger partial charge in [-0.1, -0.05) is 0 Å². The summed E-state index contributed by atoms with van der Waals surface area (Å²) in [6.45, 7) is 0. The van der Waals surface area contributed by atoms with Crippen LogP contribution in [0.1, 0.15) is 11.3 Å². The average Bonchev–Trinajstić information content (AvgIpc) is 2.67. The van der Waals surface area contributed by atoms with Gasteiger partial charge in [0, 0.05) is 19.2 Å². The van der Waals surface area contributed by atoms with E-state index in [1.165, 1.54) is 12.7 Å². The van der Waals surface area contributed by atoms with Crippen LogP contribution >= 0.6 is 0 Å². The molecule has 0 spiro atoms. The highest BCUT2D eigenvalue weighted by Crippen LogP contribution is 2.26. The SMILES string of the molecule is COC(=O)[C@H]1Cc2cnn(C)c2C1. The third-order valence-electron chi connectivity index (χ3n) is 2.59. The molecule has 0 amide bonds. The van der Waals surface area contributed by atoms with E-state index in [1.807, 2.05) is 17.9 Å². The highest BCUT2D eigenvalue weighted by atomic mass is 16.5. The van der Waals surface area contributed by atoms with Gasteiger partial charge in [-0.05, 0) is 12.0 Å². The standard InChI is InChI=1S/C9H12N2O2/c1-11-8-4-6(9(12)13-2)3-7(8)5-10-11/h5-6H,3-4H2,1-2H3/t6-/m0/s1. The molecule has 0 N–H and O–H groups in total. The fourth-order valence-corrected chi connectivity index (χ4v) is 1.85. The van der Waals surface area contributed by atoms with Gasteiger partial charge in [0.25, 0.3) is 0 Å². The number of fused-ring (bicyclic) bond motifs is 1. The minimum Gasteiger partial charge on any atom is -0.469 e. The van der Waals surface area contributed by atoms with Crippen LogP contribution in [0.25, 0.3) is 0 Å². The van der Waals surface area contributed by atoms with Crippen LogP contribution in [0.15, 0.2) is 6.20 Å². The van der Waals surface area contributed by atoms with Crippen LogP contribution in [0, 0.1) is 5.92 Å². The average molecular weight is 180 g/mol. The Kier molecular flexibility index (Phi) is 1.83. The Hall–Kier alpha value is -1.32. The molecule has 0 aliphatic heterocycles. The van der Waals surface area contributed by atoms with Crippen LogP contribution in [0.3, 0.4) is 0 Å². The number of methoxy groups -OCH3 is 1. The van der Waals surface area contributed by atoms with Crippen molar-refractivity contribution in [3.63, 3.8) is 0 Å². The molecule has 0 bridgehead atoms. The van der Waals surface area contributed by atoms with Gasteiger partial charge in [0.15, 0.2) is 0 Å². The van der Waals surface area contributed by atoms with Crippen molar-refractivity contribution in [2.24, 2.45) is 13.0 Å². The van der Waals surface area contributed by atoms with Crippen LogP contribution in [0.4, 0.5) is 0 Å². The second kappa shape index (κ2) is 2.87. The monoisotopic (exact) mass is 180 g/mol. The summed E-state index contributed by atoms with van der Waals surface area (Å²) < 4.78 is 6.54. The largest absolute Gasteiger partial charge is 0.469 e. The number of carbonyl (C=O) groups is 1. The minimum absolute atomic E-state index is 0.00389. The molecule has 0 radical (unpaired) electrons. The lowest BCUT2D eigenvalue weighted by atomic mass is 10.1. The van der Waals surface area contributed by atoms with E-state index in [4.69, 9.17) is 4.74 Å². The molecule has 13 heavy (non-hydrogen) atoms. The molecule has 1 aromatic heterocycles. The summed E-state index contributed by atoms with van der Waals surface area (Å²) in [6, 6.07) is 0. The molecule has 0 unspecified atom stereocenters. The fraction of sp³-hybridized carbons (Fsp3) is 0.556. The molecule has 0 saturated carbocycles. The van der Waals surface area contributed by atoms with Crippen LogP contribution in [-0.4, -0.2) is 22.9 Å². The van der Waals surface area contributed by atoms with E-state index in [9.17, 15) is 4.79 Å². The lowest BCUT2D eigenvalue weighted by Crippen LogP contribution is -2.17. The van der Waals surface area contributed by atoms with Crippen molar-refractivity contribution in [1.82, 2.24) is 9.78 Å². The topological polar surface area (TPSA) is 44.1 Å². The highest BCUT2D eigenvalue weighted by molar-refractivity contribution is 5.74.